The van der Waals surface area contributed by atoms with Crippen LogP contribution in [-0.4, -0.2) is 47.1 Å². The van der Waals surface area contributed by atoms with Gasteiger partial charge in [-0.3, -0.25) is 14.6 Å². The van der Waals surface area contributed by atoms with Gasteiger partial charge in [0.05, 0.1) is 18.2 Å². The number of aliphatic carboxylic acids is 1. The van der Waals surface area contributed by atoms with Gasteiger partial charge >= 0.3 is 5.97 Å². The van der Waals surface area contributed by atoms with Crippen molar-refractivity contribution in [2.24, 2.45) is 0 Å². The molecule has 3 rings (SSSR count). The molecule has 1 aliphatic heterocycles. The zero-order valence-electron chi connectivity index (χ0n) is 15.9. The van der Waals surface area contributed by atoms with Crippen LogP contribution in [0.15, 0.2) is 42.5 Å². The van der Waals surface area contributed by atoms with Gasteiger partial charge in [0.15, 0.2) is 0 Å². The number of nitrogens with zero attached hydrogens (tertiary/aromatic N) is 4. The Balaban J connectivity index is 1.75. The molecule has 1 amide bonds. The van der Waals surface area contributed by atoms with E-state index >= 15 is 0 Å². The number of aryl methyl sites for hydroxylation is 1. The second kappa shape index (κ2) is 8.11. The van der Waals surface area contributed by atoms with E-state index in [1.807, 2.05) is 29.3 Å². The Bertz CT molecular complexity index is 926. The number of amides is 1. The largest absolute Gasteiger partial charge is 0.480 e. The van der Waals surface area contributed by atoms with E-state index in [4.69, 9.17) is 5.26 Å². The highest BCUT2D eigenvalue weighted by atomic mass is 16.4. The second-order valence-electron chi connectivity index (χ2n) is 6.87. The molecule has 1 heterocycles. The third-order valence-corrected chi connectivity index (χ3v) is 4.93. The molecule has 7 heteroatoms. The summed E-state index contributed by atoms with van der Waals surface area (Å²) in [6.45, 7) is 2.73. The summed E-state index contributed by atoms with van der Waals surface area (Å²) in [5.41, 5.74) is 4.26. The Hall–Kier alpha value is -3.37. The number of hydrogen-bond donors (Lipinski definition) is 1. The van der Waals surface area contributed by atoms with Gasteiger partial charge in [-0.05, 0) is 41.8 Å². The Morgan fingerprint density at radius 3 is 2.32 bits per heavy atom. The van der Waals surface area contributed by atoms with E-state index in [0.29, 0.717) is 24.3 Å². The second-order valence-corrected chi connectivity index (χ2v) is 6.87. The van der Waals surface area contributed by atoms with Gasteiger partial charge in [-0.25, -0.2) is 5.01 Å². The Morgan fingerprint density at radius 2 is 1.79 bits per heavy atom. The number of benzene rings is 2. The van der Waals surface area contributed by atoms with Crippen LogP contribution in [0, 0.1) is 18.3 Å². The van der Waals surface area contributed by atoms with Crippen molar-refractivity contribution < 1.29 is 14.7 Å². The highest BCUT2D eigenvalue weighted by Gasteiger charge is 2.26. The van der Waals surface area contributed by atoms with Crippen molar-refractivity contribution in [1.82, 2.24) is 10.0 Å². The number of hydrogen-bond acceptors (Lipinski definition) is 5. The molecule has 7 nitrogen and oxygen atoms in total. The Morgan fingerprint density at radius 1 is 1.14 bits per heavy atom. The summed E-state index contributed by atoms with van der Waals surface area (Å²) in [4.78, 5) is 25.8. The topological polar surface area (TPSA) is 87.9 Å². The smallest absolute Gasteiger partial charge is 0.323 e. The summed E-state index contributed by atoms with van der Waals surface area (Å²) in [7, 11) is 1.71. The first-order chi connectivity index (χ1) is 13.4. The molecule has 0 aliphatic carbocycles. The predicted octanol–water partition coefficient (Wildman–Crippen LogP) is 2.15. The lowest BCUT2D eigenvalue weighted by Crippen LogP contribution is -2.47. The molecule has 0 spiro atoms. The average Bonchev–Trinajstić information content (AvgIpc) is 3.10. The lowest BCUT2D eigenvalue weighted by atomic mass is 10.1. The molecule has 144 valence electrons. The maximum Gasteiger partial charge on any atom is 0.323 e. The third kappa shape index (κ3) is 4.13. The van der Waals surface area contributed by atoms with Crippen molar-refractivity contribution >= 4 is 17.6 Å². The van der Waals surface area contributed by atoms with E-state index < -0.39 is 5.97 Å². The van der Waals surface area contributed by atoms with Gasteiger partial charge in [-0.2, -0.15) is 5.26 Å². The van der Waals surface area contributed by atoms with Crippen molar-refractivity contribution in [2.75, 3.05) is 25.0 Å². The normalized spacial score (nSPS) is 12.9. The number of rotatable bonds is 6. The van der Waals surface area contributed by atoms with Crippen LogP contribution in [-0.2, 0) is 22.7 Å². The molecule has 1 N–H and O–H groups in total. The Kier molecular flexibility index (Phi) is 5.62. The van der Waals surface area contributed by atoms with E-state index in [9.17, 15) is 14.7 Å². The minimum Gasteiger partial charge on any atom is -0.480 e. The standard InChI is InChI=1S/C21H22N4O3/c1-15-9-16(10-22)7-8-19(15)24(14-21(27)28)13-20(26)23(2)25-11-17-5-3-4-6-18(17)12-25/h3-9H,11-14H2,1-2H3,(H,27,28). The number of carbonyl (C=O) groups is 2. The fourth-order valence-electron chi connectivity index (χ4n) is 3.42. The summed E-state index contributed by atoms with van der Waals surface area (Å²) in [5.74, 6) is -1.22. The van der Waals surface area contributed by atoms with Crippen molar-refractivity contribution in [3.63, 3.8) is 0 Å². The van der Waals surface area contributed by atoms with Gasteiger partial charge in [-0.15, -0.1) is 0 Å². The molecule has 0 fully saturated rings. The number of carboxylic acid groups (broad SMARTS) is 1. The van der Waals surface area contributed by atoms with Crippen LogP contribution in [0.5, 0.6) is 0 Å². The van der Waals surface area contributed by atoms with Crippen molar-refractivity contribution in [1.29, 1.82) is 5.26 Å². The molecule has 2 aromatic rings. The van der Waals surface area contributed by atoms with Crippen molar-refractivity contribution in [3.05, 3.63) is 64.7 Å². The predicted molar refractivity (Wildman–Crippen MR) is 104 cm³/mol. The Labute approximate surface area is 164 Å². The lowest BCUT2D eigenvalue weighted by Gasteiger charge is -2.31. The fourth-order valence-corrected chi connectivity index (χ4v) is 3.42. The van der Waals surface area contributed by atoms with Crippen LogP contribution in [0.2, 0.25) is 0 Å². The number of hydrazine groups is 1. The van der Waals surface area contributed by atoms with Crippen molar-refractivity contribution in [3.8, 4) is 6.07 Å². The molecular formula is C21H22N4O3. The number of anilines is 1. The molecule has 0 saturated carbocycles. The van der Waals surface area contributed by atoms with Crippen LogP contribution in [0.1, 0.15) is 22.3 Å². The molecule has 0 unspecified atom stereocenters. The maximum absolute atomic E-state index is 12.9. The lowest BCUT2D eigenvalue weighted by molar-refractivity contribution is -0.145. The zero-order valence-corrected chi connectivity index (χ0v) is 15.9. The number of carboxylic acids is 1. The van der Waals surface area contributed by atoms with Crippen LogP contribution >= 0.6 is 0 Å². The van der Waals surface area contributed by atoms with Crippen molar-refractivity contribution in [2.45, 2.75) is 20.0 Å². The number of likely N-dealkylation sites (N-methyl/N-ethyl adjacent to an activating group) is 1. The molecular weight excluding hydrogens is 356 g/mol. The molecule has 28 heavy (non-hydrogen) atoms. The maximum atomic E-state index is 12.9. The van der Waals surface area contributed by atoms with Gasteiger partial charge in [-0.1, -0.05) is 24.3 Å². The molecule has 0 radical (unpaired) electrons. The number of nitriles is 1. The monoisotopic (exact) mass is 378 g/mol. The SMILES string of the molecule is Cc1cc(C#N)ccc1N(CC(=O)O)CC(=O)N(C)N1Cc2ccccc2C1. The fraction of sp³-hybridized carbons (Fsp3) is 0.286. The van der Waals surface area contributed by atoms with E-state index in [0.717, 1.165) is 5.56 Å². The highest BCUT2D eigenvalue weighted by molar-refractivity contribution is 5.84. The quantitative estimate of drug-likeness (QED) is 0.829. The van der Waals surface area contributed by atoms with Crippen LogP contribution in [0.3, 0.4) is 0 Å². The minimum absolute atomic E-state index is 0.0671. The van der Waals surface area contributed by atoms with Crippen LogP contribution < -0.4 is 4.90 Å². The molecule has 1 aliphatic rings. The molecule has 0 aromatic heterocycles. The van der Waals surface area contributed by atoms with Gasteiger partial charge in [0.2, 0.25) is 0 Å². The third-order valence-electron chi connectivity index (χ3n) is 4.93. The summed E-state index contributed by atoms with van der Waals surface area (Å²) in [6.07, 6.45) is 0. The summed E-state index contributed by atoms with van der Waals surface area (Å²) < 4.78 is 0. The summed E-state index contributed by atoms with van der Waals surface area (Å²) >= 11 is 0. The average molecular weight is 378 g/mol. The molecule has 2 aromatic carbocycles. The number of carbonyl (C=O) groups excluding carboxylic acids is 1. The first-order valence-electron chi connectivity index (χ1n) is 8.94. The van der Waals surface area contributed by atoms with E-state index in [-0.39, 0.29) is 19.0 Å². The number of fused-ring (bicyclic) bond motifs is 1. The molecule has 0 bridgehead atoms. The van der Waals surface area contributed by atoms with Crippen LogP contribution in [0.4, 0.5) is 5.69 Å². The minimum atomic E-state index is -1.02. The first-order valence-corrected chi connectivity index (χ1v) is 8.94. The van der Waals surface area contributed by atoms with E-state index in [1.165, 1.54) is 16.0 Å². The van der Waals surface area contributed by atoms with Gasteiger partial charge < -0.3 is 10.0 Å². The summed E-state index contributed by atoms with van der Waals surface area (Å²) in [6, 6.07) is 15.1. The zero-order chi connectivity index (χ0) is 20.3. The van der Waals surface area contributed by atoms with Gasteiger partial charge in [0.25, 0.3) is 5.91 Å². The molecule has 0 saturated heterocycles. The van der Waals surface area contributed by atoms with Crippen LogP contribution in [0.25, 0.3) is 0 Å². The van der Waals surface area contributed by atoms with E-state index in [1.54, 1.807) is 37.2 Å². The molecule has 0 atom stereocenters. The highest BCUT2D eigenvalue weighted by Crippen LogP contribution is 2.24. The van der Waals surface area contributed by atoms with Gasteiger partial charge in [0, 0.05) is 25.8 Å². The summed E-state index contributed by atoms with van der Waals surface area (Å²) in [5, 5.41) is 21.8. The van der Waals surface area contributed by atoms with E-state index in [2.05, 4.69) is 6.07 Å². The first kappa shape index (κ1) is 19.4. The van der Waals surface area contributed by atoms with Gasteiger partial charge in [0.1, 0.15) is 6.54 Å².